The number of anilines is 1. The van der Waals surface area contributed by atoms with Crippen LogP contribution in [0.25, 0.3) is 10.9 Å². The monoisotopic (exact) mass is 267 g/mol. The number of pyridine rings is 2. The molecular formula is C15H10FN3O. The second kappa shape index (κ2) is 5.05. The van der Waals surface area contributed by atoms with Gasteiger partial charge in [-0.1, -0.05) is 0 Å². The number of nitrogens with one attached hydrogen (secondary N) is 1. The zero-order valence-electron chi connectivity index (χ0n) is 10.4. The summed E-state index contributed by atoms with van der Waals surface area (Å²) in [6.45, 7) is 0. The number of carbonyl (C=O) groups excluding carboxylic acids is 1. The number of fused-ring (bicyclic) bond motifs is 1. The highest BCUT2D eigenvalue weighted by Gasteiger charge is 2.08. The predicted octanol–water partition coefficient (Wildman–Crippen LogP) is 3.02. The largest absolute Gasteiger partial charge is 0.322 e. The van der Waals surface area contributed by atoms with Crippen molar-refractivity contribution in [3.8, 4) is 0 Å². The Hall–Kier alpha value is -2.82. The fourth-order valence-electron chi connectivity index (χ4n) is 1.87. The molecule has 0 unspecified atom stereocenters. The number of aromatic nitrogens is 2. The molecule has 0 atom stereocenters. The molecule has 98 valence electrons. The van der Waals surface area contributed by atoms with Crippen molar-refractivity contribution in [2.75, 3.05) is 5.32 Å². The summed E-state index contributed by atoms with van der Waals surface area (Å²) in [6, 6.07) is 9.26. The van der Waals surface area contributed by atoms with Crippen LogP contribution in [-0.4, -0.2) is 15.9 Å². The lowest BCUT2D eigenvalue weighted by molar-refractivity contribution is 0.102. The third-order valence-electron chi connectivity index (χ3n) is 2.84. The van der Waals surface area contributed by atoms with E-state index in [1.165, 1.54) is 18.3 Å². The molecule has 0 saturated carbocycles. The molecule has 0 aliphatic carbocycles. The quantitative estimate of drug-likeness (QED) is 0.776. The lowest BCUT2D eigenvalue weighted by atomic mass is 10.1. The van der Waals surface area contributed by atoms with Gasteiger partial charge in [0.1, 0.15) is 5.82 Å². The molecule has 0 fully saturated rings. The summed E-state index contributed by atoms with van der Waals surface area (Å²) in [5, 5.41) is 3.31. The van der Waals surface area contributed by atoms with Crippen LogP contribution in [0.1, 0.15) is 10.4 Å². The summed E-state index contributed by atoms with van der Waals surface area (Å²) in [7, 11) is 0. The number of carbonyl (C=O) groups is 1. The number of hydrogen-bond acceptors (Lipinski definition) is 3. The van der Waals surface area contributed by atoms with Crippen molar-refractivity contribution in [2.24, 2.45) is 0 Å². The van der Waals surface area contributed by atoms with Gasteiger partial charge < -0.3 is 5.32 Å². The highest BCUT2D eigenvalue weighted by Crippen LogP contribution is 2.16. The van der Waals surface area contributed by atoms with Gasteiger partial charge in [0.15, 0.2) is 0 Å². The van der Waals surface area contributed by atoms with E-state index in [-0.39, 0.29) is 11.7 Å². The van der Waals surface area contributed by atoms with Crippen molar-refractivity contribution in [1.82, 2.24) is 9.97 Å². The molecule has 1 aromatic carbocycles. The maximum absolute atomic E-state index is 13.2. The van der Waals surface area contributed by atoms with Gasteiger partial charge in [-0.25, -0.2) is 4.39 Å². The Labute approximate surface area is 114 Å². The van der Waals surface area contributed by atoms with Gasteiger partial charge in [0.25, 0.3) is 5.91 Å². The normalized spacial score (nSPS) is 10.4. The Morgan fingerprint density at radius 1 is 1.10 bits per heavy atom. The lowest BCUT2D eigenvalue weighted by Gasteiger charge is -2.05. The maximum atomic E-state index is 13.2. The van der Waals surface area contributed by atoms with E-state index in [0.29, 0.717) is 22.2 Å². The van der Waals surface area contributed by atoms with Gasteiger partial charge in [-0.3, -0.25) is 14.8 Å². The lowest BCUT2D eigenvalue weighted by Crippen LogP contribution is -2.12. The van der Waals surface area contributed by atoms with Gasteiger partial charge >= 0.3 is 0 Å². The van der Waals surface area contributed by atoms with Crippen LogP contribution in [0, 0.1) is 5.82 Å². The fraction of sp³-hybridized carbons (Fsp3) is 0. The van der Waals surface area contributed by atoms with E-state index in [4.69, 9.17) is 0 Å². The molecule has 0 aliphatic rings. The molecular weight excluding hydrogens is 257 g/mol. The van der Waals surface area contributed by atoms with Gasteiger partial charge in [0, 0.05) is 29.7 Å². The molecule has 3 aromatic rings. The fourth-order valence-corrected chi connectivity index (χ4v) is 1.87. The molecule has 1 N–H and O–H groups in total. The number of rotatable bonds is 2. The summed E-state index contributed by atoms with van der Waals surface area (Å²) in [6.07, 6.45) is 4.64. The summed E-state index contributed by atoms with van der Waals surface area (Å²) in [5.74, 6) is -0.652. The van der Waals surface area contributed by atoms with E-state index in [9.17, 15) is 9.18 Å². The first kappa shape index (κ1) is 12.2. The first-order chi connectivity index (χ1) is 9.72. The number of nitrogens with zero attached hydrogens (tertiary/aromatic N) is 2. The number of halogens is 1. The second-order valence-electron chi connectivity index (χ2n) is 4.25. The molecule has 0 spiro atoms. The van der Waals surface area contributed by atoms with Gasteiger partial charge in [-0.15, -0.1) is 0 Å². The summed E-state index contributed by atoms with van der Waals surface area (Å²) in [4.78, 5) is 20.1. The molecule has 2 heterocycles. The molecule has 0 saturated heterocycles. The summed E-state index contributed by atoms with van der Waals surface area (Å²) in [5.41, 5.74) is 1.66. The number of hydrogen-bond donors (Lipinski definition) is 1. The van der Waals surface area contributed by atoms with Crippen molar-refractivity contribution in [1.29, 1.82) is 0 Å². The Bertz CT molecular complexity index is 774. The Morgan fingerprint density at radius 3 is 2.70 bits per heavy atom. The predicted molar refractivity (Wildman–Crippen MR) is 73.9 cm³/mol. The minimum absolute atomic E-state index is 0.296. The molecule has 0 bridgehead atoms. The molecule has 1 amide bonds. The highest BCUT2D eigenvalue weighted by atomic mass is 19.1. The van der Waals surface area contributed by atoms with E-state index < -0.39 is 0 Å². The SMILES string of the molecule is O=C(Nc1ccncc1)c1cnc2ccc(F)cc2c1. The zero-order valence-corrected chi connectivity index (χ0v) is 10.4. The second-order valence-corrected chi connectivity index (χ2v) is 4.25. The van der Waals surface area contributed by atoms with E-state index in [0.717, 1.165) is 0 Å². The van der Waals surface area contributed by atoms with E-state index in [1.54, 1.807) is 36.7 Å². The Kier molecular flexibility index (Phi) is 3.09. The number of benzene rings is 1. The minimum Gasteiger partial charge on any atom is -0.322 e. The van der Waals surface area contributed by atoms with Crippen LogP contribution in [-0.2, 0) is 0 Å². The smallest absolute Gasteiger partial charge is 0.257 e. The molecule has 2 aromatic heterocycles. The van der Waals surface area contributed by atoms with Crippen molar-refractivity contribution >= 4 is 22.5 Å². The number of amides is 1. The maximum Gasteiger partial charge on any atom is 0.257 e. The average Bonchev–Trinajstić information content (AvgIpc) is 2.47. The topological polar surface area (TPSA) is 54.9 Å². The summed E-state index contributed by atoms with van der Waals surface area (Å²) < 4.78 is 13.2. The molecule has 20 heavy (non-hydrogen) atoms. The highest BCUT2D eigenvalue weighted by molar-refractivity contribution is 6.05. The minimum atomic E-state index is -0.356. The third-order valence-corrected chi connectivity index (χ3v) is 2.84. The van der Waals surface area contributed by atoms with Crippen LogP contribution >= 0.6 is 0 Å². The van der Waals surface area contributed by atoms with Crippen LogP contribution in [0.15, 0.2) is 55.0 Å². The third kappa shape index (κ3) is 2.47. The Morgan fingerprint density at radius 2 is 1.90 bits per heavy atom. The molecule has 3 rings (SSSR count). The van der Waals surface area contributed by atoms with Gasteiger partial charge in [0.2, 0.25) is 0 Å². The van der Waals surface area contributed by atoms with Crippen molar-refractivity contribution in [2.45, 2.75) is 0 Å². The van der Waals surface area contributed by atoms with Gasteiger partial charge in [-0.2, -0.15) is 0 Å². The average molecular weight is 267 g/mol. The van der Waals surface area contributed by atoms with Crippen LogP contribution in [0.3, 0.4) is 0 Å². The van der Waals surface area contributed by atoms with E-state index in [1.807, 2.05) is 0 Å². The molecule has 0 radical (unpaired) electrons. The van der Waals surface area contributed by atoms with Crippen LogP contribution in [0.2, 0.25) is 0 Å². The molecule has 4 nitrogen and oxygen atoms in total. The van der Waals surface area contributed by atoms with E-state index >= 15 is 0 Å². The van der Waals surface area contributed by atoms with Crippen LogP contribution in [0.5, 0.6) is 0 Å². The molecule has 0 aliphatic heterocycles. The standard InChI is InChI=1S/C15H10FN3O/c16-12-1-2-14-10(8-12)7-11(9-18-14)15(20)19-13-3-5-17-6-4-13/h1-9H,(H,17,19,20). The zero-order chi connectivity index (χ0) is 13.9. The summed E-state index contributed by atoms with van der Waals surface area (Å²) >= 11 is 0. The first-order valence-electron chi connectivity index (χ1n) is 5.99. The van der Waals surface area contributed by atoms with Crippen LogP contribution in [0.4, 0.5) is 10.1 Å². The van der Waals surface area contributed by atoms with Crippen molar-refractivity contribution in [3.05, 3.63) is 66.4 Å². The Balaban J connectivity index is 1.91. The van der Waals surface area contributed by atoms with E-state index in [2.05, 4.69) is 15.3 Å². The first-order valence-corrected chi connectivity index (χ1v) is 5.99. The van der Waals surface area contributed by atoms with Crippen molar-refractivity contribution < 1.29 is 9.18 Å². The van der Waals surface area contributed by atoms with Gasteiger partial charge in [0.05, 0.1) is 11.1 Å². The molecule has 5 heteroatoms. The van der Waals surface area contributed by atoms with Crippen molar-refractivity contribution in [3.63, 3.8) is 0 Å². The van der Waals surface area contributed by atoms with Crippen LogP contribution < -0.4 is 5.32 Å². The van der Waals surface area contributed by atoms with Gasteiger partial charge in [-0.05, 0) is 36.4 Å².